The van der Waals surface area contributed by atoms with Crippen molar-refractivity contribution in [3.63, 3.8) is 0 Å². The van der Waals surface area contributed by atoms with Crippen LogP contribution in [0.4, 0.5) is 0 Å². The number of aliphatic hydroxyl groups excluding tert-OH is 9. The van der Waals surface area contributed by atoms with Crippen LogP contribution in [0, 0.1) is 0 Å². The molecular weight excluding hydrogens is 941 g/mol. The number of carbonyl (C=O) groups excluding carboxylic acids is 2. The molecular formula is C56H108N2O15. The van der Waals surface area contributed by atoms with E-state index in [4.69, 9.17) is 18.9 Å². The number of ether oxygens (including phenoxy) is 4. The zero-order valence-corrected chi connectivity index (χ0v) is 45.7. The molecule has 2 fully saturated rings. The topological polar surface area (TPSA) is 277 Å². The largest absolute Gasteiger partial charge is 0.394 e. The number of nitrogens with one attached hydrogen (secondary N) is 2. The molecule has 0 aromatic heterocycles. The Morgan fingerprint density at radius 3 is 1.32 bits per heavy atom. The molecule has 17 nitrogen and oxygen atoms in total. The highest BCUT2D eigenvalue weighted by Gasteiger charge is 2.51. The Morgan fingerprint density at radius 2 is 0.904 bits per heavy atom. The van der Waals surface area contributed by atoms with Crippen molar-refractivity contribution in [2.45, 2.75) is 325 Å². The fraction of sp³-hybridized carbons (Fsp3) is 0.964. The zero-order valence-electron chi connectivity index (χ0n) is 45.7. The van der Waals surface area contributed by atoms with Crippen LogP contribution in [-0.4, -0.2) is 163 Å². The van der Waals surface area contributed by atoms with E-state index in [2.05, 4.69) is 24.5 Å². The van der Waals surface area contributed by atoms with Gasteiger partial charge in [0, 0.05) is 6.92 Å². The first-order valence-corrected chi connectivity index (χ1v) is 29.4. The van der Waals surface area contributed by atoms with Crippen molar-refractivity contribution in [1.29, 1.82) is 0 Å². The number of aliphatic hydroxyl groups is 9. The summed E-state index contributed by atoms with van der Waals surface area (Å²) in [4.78, 5) is 25.4. The number of carbonyl (C=O) groups is 2. The van der Waals surface area contributed by atoms with Crippen LogP contribution >= 0.6 is 0 Å². The summed E-state index contributed by atoms with van der Waals surface area (Å²) >= 11 is 0. The van der Waals surface area contributed by atoms with Gasteiger partial charge < -0.3 is 75.5 Å². The minimum absolute atomic E-state index is 0.203. The summed E-state index contributed by atoms with van der Waals surface area (Å²) in [6.45, 7) is 3.59. The van der Waals surface area contributed by atoms with Crippen molar-refractivity contribution in [3.05, 3.63) is 0 Å². The SMILES string of the molecule is CCCCCCCCCCCCCCCCCCCCCC(O)C(=O)NC(COC1OC(CO)C(OC2OC(CO)C(O)C(O)C2NC(C)=O)C(O)C1O)C(O)C(O)CCCCCCCCCCCCCCC. The van der Waals surface area contributed by atoms with Crippen molar-refractivity contribution in [2.75, 3.05) is 19.8 Å². The normalized spacial score (nSPS) is 26.1. The third-order valence-corrected chi connectivity index (χ3v) is 14.9. The maximum Gasteiger partial charge on any atom is 0.249 e. The van der Waals surface area contributed by atoms with E-state index in [1.807, 2.05) is 0 Å². The second-order valence-corrected chi connectivity index (χ2v) is 21.4. The maximum absolute atomic E-state index is 13.4. The number of hydrogen-bond donors (Lipinski definition) is 11. The molecule has 17 heteroatoms. The van der Waals surface area contributed by atoms with E-state index >= 15 is 0 Å². The lowest BCUT2D eigenvalue weighted by Gasteiger charge is -2.47. The molecule has 14 atom stereocenters. The van der Waals surface area contributed by atoms with Gasteiger partial charge in [0.1, 0.15) is 61.0 Å². The summed E-state index contributed by atoms with van der Waals surface area (Å²) in [6, 6.07) is -2.67. The van der Waals surface area contributed by atoms with E-state index in [1.165, 1.54) is 148 Å². The molecule has 0 aromatic rings. The Kier molecular flexibility index (Phi) is 39.3. The summed E-state index contributed by atoms with van der Waals surface area (Å²) in [5.74, 6) is -1.38. The van der Waals surface area contributed by atoms with Crippen molar-refractivity contribution in [2.24, 2.45) is 0 Å². The summed E-state index contributed by atoms with van der Waals surface area (Å²) in [7, 11) is 0. The second-order valence-electron chi connectivity index (χ2n) is 21.4. The van der Waals surface area contributed by atoms with Gasteiger partial charge in [0.15, 0.2) is 12.6 Å². The summed E-state index contributed by atoms with van der Waals surface area (Å²) in [5.41, 5.74) is 0. The maximum atomic E-state index is 13.4. The highest BCUT2D eigenvalue weighted by molar-refractivity contribution is 5.80. The number of amides is 2. The first kappa shape index (κ1) is 67.5. The van der Waals surface area contributed by atoms with Crippen LogP contribution in [0.15, 0.2) is 0 Å². The Balaban J connectivity index is 1.90. The molecule has 2 aliphatic rings. The molecule has 2 heterocycles. The second kappa shape index (κ2) is 42.4. The summed E-state index contributed by atoms with van der Waals surface area (Å²) < 4.78 is 23.2. The van der Waals surface area contributed by atoms with Gasteiger partial charge in [0.05, 0.1) is 32.0 Å². The molecule has 0 spiro atoms. The molecule has 73 heavy (non-hydrogen) atoms. The molecule has 2 rings (SSSR count). The predicted octanol–water partition coefficient (Wildman–Crippen LogP) is 6.64. The highest BCUT2D eigenvalue weighted by atomic mass is 16.7. The molecule has 0 saturated carbocycles. The van der Waals surface area contributed by atoms with Crippen LogP contribution < -0.4 is 10.6 Å². The summed E-state index contributed by atoms with van der Waals surface area (Å²) in [5, 5.41) is 102. The molecule has 432 valence electrons. The van der Waals surface area contributed by atoms with Crippen molar-refractivity contribution < 1.29 is 74.5 Å². The Bertz CT molecular complexity index is 1340. The van der Waals surface area contributed by atoms with Gasteiger partial charge in [-0.05, 0) is 12.8 Å². The molecule has 2 amide bonds. The first-order chi connectivity index (χ1) is 35.3. The van der Waals surface area contributed by atoms with Crippen molar-refractivity contribution in [1.82, 2.24) is 10.6 Å². The molecule has 0 radical (unpaired) electrons. The quantitative estimate of drug-likeness (QED) is 0.0285. The fourth-order valence-corrected chi connectivity index (χ4v) is 10.2. The average Bonchev–Trinajstić information content (AvgIpc) is 3.38. The summed E-state index contributed by atoms with van der Waals surface area (Å²) in [6.07, 6.45) is 20.1. The highest BCUT2D eigenvalue weighted by Crippen LogP contribution is 2.30. The van der Waals surface area contributed by atoms with E-state index in [0.29, 0.717) is 12.8 Å². The van der Waals surface area contributed by atoms with E-state index in [1.54, 1.807) is 0 Å². The van der Waals surface area contributed by atoms with E-state index in [9.17, 15) is 55.5 Å². The smallest absolute Gasteiger partial charge is 0.249 e. The number of hydrogen-bond acceptors (Lipinski definition) is 15. The lowest BCUT2D eigenvalue weighted by atomic mass is 9.95. The minimum atomic E-state index is -1.86. The predicted molar refractivity (Wildman–Crippen MR) is 282 cm³/mol. The van der Waals surface area contributed by atoms with Gasteiger partial charge in [-0.15, -0.1) is 0 Å². The molecule has 0 aliphatic carbocycles. The van der Waals surface area contributed by atoms with Crippen LogP contribution in [0.2, 0.25) is 0 Å². The number of unbranched alkanes of at least 4 members (excludes halogenated alkanes) is 30. The van der Waals surface area contributed by atoms with Crippen LogP contribution in [0.5, 0.6) is 0 Å². The van der Waals surface area contributed by atoms with Gasteiger partial charge in [-0.1, -0.05) is 219 Å². The Morgan fingerprint density at radius 1 is 0.507 bits per heavy atom. The van der Waals surface area contributed by atoms with Gasteiger partial charge in [0.25, 0.3) is 0 Å². The van der Waals surface area contributed by atoms with Crippen molar-refractivity contribution >= 4 is 11.8 Å². The third-order valence-electron chi connectivity index (χ3n) is 14.9. The molecule has 0 bridgehead atoms. The first-order valence-electron chi connectivity index (χ1n) is 29.4. The lowest BCUT2D eigenvalue weighted by molar-refractivity contribution is -0.347. The van der Waals surface area contributed by atoms with E-state index in [0.717, 1.165) is 51.9 Å². The Labute approximate surface area is 440 Å². The van der Waals surface area contributed by atoms with E-state index in [-0.39, 0.29) is 12.8 Å². The Hall–Kier alpha value is -1.58. The molecule has 11 N–H and O–H groups in total. The monoisotopic (exact) mass is 1050 g/mol. The third kappa shape index (κ3) is 28.6. The van der Waals surface area contributed by atoms with Crippen LogP contribution in [0.3, 0.4) is 0 Å². The lowest BCUT2D eigenvalue weighted by Crippen LogP contribution is -2.67. The minimum Gasteiger partial charge on any atom is -0.394 e. The van der Waals surface area contributed by atoms with Crippen LogP contribution in [0.1, 0.15) is 239 Å². The molecule has 2 saturated heterocycles. The standard InChI is InChI=1S/C56H108N2O15/c1-4-6-8-10-12-14-16-18-19-20-21-22-23-25-27-29-31-33-35-37-44(63)54(69)58-42(48(64)43(62)36-34-32-30-28-26-24-17-15-13-11-9-7-5-2)40-70-56-52(68)51(67)53(46(39-60)72-56)73-55-47(57-41(3)61)50(66)49(65)45(38-59)71-55/h42-53,55-56,59-60,62-68H,4-40H2,1-3H3,(H,57,61)(H,58,69). The molecule has 0 aromatic carbocycles. The van der Waals surface area contributed by atoms with Gasteiger partial charge in [0.2, 0.25) is 11.8 Å². The molecule has 2 aliphatic heterocycles. The van der Waals surface area contributed by atoms with Gasteiger partial charge in [-0.3, -0.25) is 9.59 Å². The van der Waals surface area contributed by atoms with Gasteiger partial charge in [-0.2, -0.15) is 0 Å². The fourth-order valence-electron chi connectivity index (χ4n) is 10.2. The van der Waals surface area contributed by atoms with Crippen molar-refractivity contribution in [3.8, 4) is 0 Å². The number of rotatable bonds is 46. The van der Waals surface area contributed by atoms with Gasteiger partial charge >= 0.3 is 0 Å². The molecule has 14 unspecified atom stereocenters. The van der Waals surface area contributed by atoms with Crippen LogP contribution in [-0.2, 0) is 28.5 Å². The van der Waals surface area contributed by atoms with Crippen LogP contribution in [0.25, 0.3) is 0 Å². The average molecular weight is 1050 g/mol. The van der Waals surface area contributed by atoms with E-state index < -0.39 is 117 Å². The van der Waals surface area contributed by atoms with Gasteiger partial charge in [-0.25, -0.2) is 0 Å². The zero-order chi connectivity index (χ0) is 53.6.